The summed E-state index contributed by atoms with van der Waals surface area (Å²) in [5.74, 6) is 0. The summed E-state index contributed by atoms with van der Waals surface area (Å²) in [7, 11) is 0. The molecule has 0 aliphatic carbocycles. The number of anilines is 1. The predicted molar refractivity (Wildman–Crippen MR) is 80.7 cm³/mol. The van der Waals surface area contributed by atoms with Gasteiger partial charge in [0, 0.05) is 11.9 Å². The molecule has 0 fully saturated rings. The fourth-order valence-electron chi connectivity index (χ4n) is 1.67. The van der Waals surface area contributed by atoms with Crippen molar-refractivity contribution in [3.05, 3.63) is 16.1 Å². The lowest BCUT2D eigenvalue weighted by molar-refractivity contribution is 0.833. The Labute approximate surface area is 116 Å². The zero-order chi connectivity index (χ0) is 13.0. The van der Waals surface area contributed by atoms with Crippen LogP contribution in [0, 0.1) is 6.92 Å². The molecule has 0 aromatic carbocycles. The topological polar surface area (TPSA) is 37.8 Å². The minimum Gasteiger partial charge on any atom is -0.362 e. The summed E-state index contributed by atoms with van der Waals surface area (Å²) < 4.78 is 0. The molecule has 0 spiro atoms. The van der Waals surface area contributed by atoms with Gasteiger partial charge in [0.05, 0.1) is 21.3 Å². The van der Waals surface area contributed by atoms with Gasteiger partial charge in [-0.1, -0.05) is 20.3 Å². The Morgan fingerprint density at radius 3 is 2.78 bits per heavy atom. The second-order valence-corrected chi connectivity index (χ2v) is 6.14. The fraction of sp³-hybridized carbons (Fsp3) is 0.538. The maximum atomic E-state index is 4.64. The Morgan fingerprint density at radius 2 is 2.11 bits per heavy atom. The molecule has 18 heavy (non-hydrogen) atoms. The van der Waals surface area contributed by atoms with E-state index in [4.69, 9.17) is 0 Å². The predicted octanol–water partition coefficient (Wildman–Crippen LogP) is 4.35. The number of unbranched alkanes of at least 4 members (excludes halogenated alkanes) is 1. The summed E-state index contributed by atoms with van der Waals surface area (Å²) in [6, 6.07) is 0. The van der Waals surface area contributed by atoms with Crippen molar-refractivity contribution < 1.29 is 0 Å². The van der Waals surface area contributed by atoms with Gasteiger partial charge < -0.3 is 5.32 Å². The fourth-order valence-corrected chi connectivity index (χ4v) is 3.44. The van der Waals surface area contributed by atoms with Crippen molar-refractivity contribution in [1.82, 2.24) is 9.97 Å². The van der Waals surface area contributed by atoms with Crippen molar-refractivity contribution >= 4 is 27.8 Å². The van der Waals surface area contributed by atoms with Gasteiger partial charge in [-0.3, -0.25) is 0 Å². The molecule has 2 aromatic heterocycles. The smallest absolute Gasteiger partial charge is 0.183 e. The highest BCUT2D eigenvalue weighted by Crippen LogP contribution is 2.32. The van der Waals surface area contributed by atoms with Crippen LogP contribution in [0.2, 0.25) is 0 Å². The molecule has 0 saturated carbocycles. The van der Waals surface area contributed by atoms with Crippen molar-refractivity contribution in [2.75, 3.05) is 11.9 Å². The number of hydrogen-bond acceptors (Lipinski definition) is 5. The van der Waals surface area contributed by atoms with Crippen LogP contribution in [-0.4, -0.2) is 16.5 Å². The van der Waals surface area contributed by atoms with Crippen LogP contribution in [0.25, 0.3) is 10.6 Å². The van der Waals surface area contributed by atoms with E-state index >= 15 is 0 Å². The van der Waals surface area contributed by atoms with Crippen LogP contribution in [0.15, 0.2) is 5.38 Å². The first-order valence-electron chi connectivity index (χ1n) is 6.40. The molecule has 5 heteroatoms. The Hall–Kier alpha value is -0.940. The van der Waals surface area contributed by atoms with Crippen LogP contribution < -0.4 is 5.32 Å². The summed E-state index contributed by atoms with van der Waals surface area (Å²) in [4.78, 5) is 10.4. The lowest BCUT2D eigenvalue weighted by Gasteiger charge is -1.99. The molecular formula is C13H19N3S2. The van der Waals surface area contributed by atoms with Crippen LogP contribution in [-0.2, 0) is 6.42 Å². The van der Waals surface area contributed by atoms with Gasteiger partial charge in [-0.05, 0) is 19.8 Å². The summed E-state index contributed by atoms with van der Waals surface area (Å²) in [5, 5.41) is 7.70. The van der Waals surface area contributed by atoms with Crippen LogP contribution in [0.5, 0.6) is 0 Å². The Kier molecular flexibility index (Phi) is 4.72. The summed E-state index contributed by atoms with van der Waals surface area (Å²) in [5.41, 5.74) is 2.16. The normalized spacial score (nSPS) is 10.8. The van der Waals surface area contributed by atoms with Crippen molar-refractivity contribution in [2.24, 2.45) is 0 Å². The molecule has 0 unspecified atom stereocenters. The molecule has 0 aliphatic rings. The number of hydrogen-bond donors (Lipinski definition) is 1. The van der Waals surface area contributed by atoms with Gasteiger partial charge >= 0.3 is 0 Å². The highest BCUT2D eigenvalue weighted by Gasteiger charge is 2.12. The molecule has 0 amide bonds. The van der Waals surface area contributed by atoms with Gasteiger partial charge in [0.25, 0.3) is 0 Å². The van der Waals surface area contributed by atoms with Gasteiger partial charge in [0.15, 0.2) is 5.13 Å². The third kappa shape index (κ3) is 3.09. The number of nitrogens with one attached hydrogen (secondary N) is 1. The molecule has 2 rings (SSSR count). The lowest BCUT2D eigenvalue weighted by atomic mass is 10.3. The first-order chi connectivity index (χ1) is 8.74. The van der Waals surface area contributed by atoms with Crippen molar-refractivity contribution in [1.29, 1.82) is 0 Å². The highest BCUT2D eigenvalue weighted by molar-refractivity contribution is 7.16. The molecule has 0 aliphatic heterocycles. The monoisotopic (exact) mass is 281 g/mol. The molecule has 0 bridgehead atoms. The van der Waals surface area contributed by atoms with Crippen molar-refractivity contribution in [3.8, 4) is 10.6 Å². The van der Waals surface area contributed by atoms with Crippen LogP contribution >= 0.6 is 22.7 Å². The first kappa shape index (κ1) is 13.5. The van der Waals surface area contributed by atoms with E-state index in [0.717, 1.165) is 29.5 Å². The standard InChI is InChI=1S/C13H19N3S2/c1-4-6-7-14-13-16-10(8-17-13)12-9(3)15-11(5-2)18-12/h8H,4-7H2,1-3H3,(H,14,16). The zero-order valence-corrected chi connectivity index (χ0v) is 12.7. The third-order valence-corrected chi connectivity index (χ3v) is 4.81. The second kappa shape index (κ2) is 6.29. The molecule has 0 radical (unpaired) electrons. The Balaban J connectivity index is 2.11. The SMILES string of the molecule is CCCCNc1nc(-c2sc(CC)nc2C)cs1. The summed E-state index contributed by atoms with van der Waals surface area (Å²) in [6.45, 7) is 7.41. The average Bonchev–Trinajstić information content (AvgIpc) is 2.96. The zero-order valence-electron chi connectivity index (χ0n) is 11.1. The van der Waals surface area contributed by atoms with Crippen LogP contribution in [0.4, 0.5) is 5.13 Å². The van der Waals surface area contributed by atoms with E-state index in [2.05, 4.69) is 41.4 Å². The summed E-state index contributed by atoms with van der Waals surface area (Å²) in [6.07, 6.45) is 3.39. The molecule has 1 N–H and O–H groups in total. The number of aryl methyl sites for hydroxylation is 2. The highest BCUT2D eigenvalue weighted by atomic mass is 32.1. The largest absolute Gasteiger partial charge is 0.362 e. The summed E-state index contributed by atoms with van der Waals surface area (Å²) >= 11 is 3.44. The van der Waals surface area contributed by atoms with Gasteiger partial charge in [0.1, 0.15) is 0 Å². The van der Waals surface area contributed by atoms with Crippen LogP contribution in [0.1, 0.15) is 37.4 Å². The molecule has 2 heterocycles. The van der Waals surface area contributed by atoms with E-state index in [1.54, 1.807) is 22.7 Å². The number of thiazole rings is 2. The second-order valence-electron chi connectivity index (χ2n) is 4.19. The van der Waals surface area contributed by atoms with E-state index in [-0.39, 0.29) is 0 Å². The molecular weight excluding hydrogens is 262 g/mol. The van der Waals surface area contributed by atoms with E-state index < -0.39 is 0 Å². The number of rotatable bonds is 6. The Bertz CT molecular complexity index is 502. The van der Waals surface area contributed by atoms with Gasteiger partial charge in [-0.25, -0.2) is 9.97 Å². The average molecular weight is 281 g/mol. The van der Waals surface area contributed by atoms with Crippen molar-refractivity contribution in [2.45, 2.75) is 40.0 Å². The molecule has 2 aromatic rings. The first-order valence-corrected chi connectivity index (χ1v) is 8.10. The minimum atomic E-state index is 0.997. The maximum Gasteiger partial charge on any atom is 0.183 e. The molecule has 3 nitrogen and oxygen atoms in total. The third-order valence-electron chi connectivity index (χ3n) is 2.69. The number of nitrogens with zero attached hydrogens (tertiary/aromatic N) is 2. The quantitative estimate of drug-likeness (QED) is 0.800. The molecule has 0 saturated heterocycles. The van der Waals surface area contributed by atoms with E-state index in [1.807, 2.05) is 0 Å². The molecule has 98 valence electrons. The van der Waals surface area contributed by atoms with Crippen molar-refractivity contribution in [3.63, 3.8) is 0 Å². The number of aromatic nitrogens is 2. The van der Waals surface area contributed by atoms with Crippen LogP contribution in [0.3, 0.4) is 0 Å². The van der Waals surface area contributed by atoms with E-state index in [1.165, 1.54) is 22.7 Å². The lowest BCUT2D eigenvalue weighted by Crippen LogP contribution is -1.99. The maximum absolute atomic E-state index is 4.64. The van der Waals surface area contributed by atoms with Gasteiger partial charge in [-0.15, -0.1) is 22.7 Å². The Morgan fingerprint density at radius 1 is 1.28 bits per heavy atom. The van der Waals surface area contributed by atoms with Gasteiger partial charge in [-0.2, -0.15) is 0 Å². The van der Waals surface area contributed by atoms with E-state index in [9.17, 15) is 0 Å². The van der Waals surface area contributed by atoms with Gasteiger partial charge in [0.2, 0.25) is 0 Å². The van der Waals surface area contributed by atoms with E-state index in [0.29, 0.717) is 0 Å². The minimum absolute atomic E-state index is 0.997. The molecule has 0 atom stereocenters.